The zero-order valence-corrected chi connectivity index (χ0v) is 13.5. The molecule has 0 aliphatic carbocycles. The molecule has 2 aromatic rings. The minimum absolute atomic E-state index is 0.169. The Labute approximate surface area is 130 Å². The molecular weight excluding hydrogens is 278 g/mol. The second kappa shape index (κ2) is 6.08. The highest BCUT2D eigenvalue weighted by molar-refractivity contribution is 5.82. The Bertz CT molecular complexity index is 685. The number of nitrogens with zero attached hydrogens (tertiary/aromatic N) is 3. The van der Waals surface area contributed by atoms with Crippen LogP contribution in [-0.4, -0.2) is 46.7 Å². The normalized spacial score (nSPS) is 15.7. The van der Waals surface area contributed by atoms with Crippen molar-refractivity contribution in [3.8, 4) is 0 Å². The highest BCUT2D eigenvalue weighted by Crippen LogP contribution is 2.22. The zero-order valence-electron chi connectivity index (χ0n) is 13.5. The van der Waals surface area contributed by atoms with Gasteiger partial charge in [0.25, 0.3) is 0 Å². The van der Waals surface area contributed by atoms with E-state index in [1.54, 1.807) is 0 Å². The number of amides is 1. The van der Waals surface area contributed by atoms with Gasteiger partial charge in [-0.05, 0) is 17.7 Å². The van der Waals surface area contributed by atoms with Crippen LogP contribution >= 0.6 is 0 Å². The molecule has 0 N–H and O–H groups in total. The van der Waals surface area contributed by atoms with Crippen LogP contribution in [0.4, 0.5) is 0 Å². The van der Waals surface area contributed by atoms with Gasteiger partial charge in [0.2, 0.25) is 5.91 Å². The Morgan fingerprint density at radius 2 is 2.05 bits per heavy atom. The zero-order chi connectivity index (χ0) is 15.7. The summed E-state index contributed by atoms with van der Waals surface area (Å²) in [5.74, 6) is 1.63. The predicted molar refractivity (Wildman–Crippen MR) is 85.9 cm³/mol. The summed E-state index contributed by atoms with van der Waals surface area (Å²) >= 11 is 0. The van der Waals surface area contributed by atoms with E-state index in [-0.39, 0.29) is 5.91 Å². The molecule has 0 saturated carbocycles. The lowest BCUT2D eigenvalue weighted by atomic mass is 10.1. The summed E-state index contributed by atoms with van der Waals surface area (Å²) < 4.78 is 7.42. The molecule has 0 spiro atoms. The number of rotatable bonds is 3. The lowest BCUT2D eigenvalue weighted by molar-refractivity contribution is -0.134. The molecule has 118 valence electrons. The monoisotopic (exact) mass is 301 g/mol. The average molecular weight is 301 g/mol. The van der Waals surface area contributed by atoms with Crippen LogP contribution in [0.1, 0.15) is 31.2 Å². The number of benzene rings is 1. The summed E-state index contributed by atoms with van der Waals surface area (Å²) in [7, 11) is 2.04. The number of hydrogen-bond donors (Lipinski definition) is 0. The Kier molecular flexibility index (Phi) is 4.16. The van der Waals surface area contributed by atoms with Crippen molar-refractivity contribution in [1.29, 1.82) is 0 Å². The van der Waals surface area contributed by atoms with Gasteiger partial charge in [-0.2, -0.15) is 0 Å². The van der Waals surface area contributed by atoms with E-state index in [4.69, 9.17) is 9.72 Å². The van der Waals surface area contributed by atoms with Crippen molar-refractivity contribution >= 4 is 16.9 Å². The number of ether oxygens (including phenoxy) is 1. The molecular formula is C17H23N3O2. The lowest BCUT2D eigenvalue weighted by Crippen LogP contribution is -2.41. The molecule has 0 atom stereocenters. The largest absolute Gasteiger partial charge is 0.378 e. The molecule has 5 heteroatoms. The molecule has 0 unspecified atom stereocenters. The topological polar surface area (TPSA) is 47.4 Å². The number of aromatic nitrogens is 2. The van der Waals surface area contributed by atoms with Crippen LogP contribution in [0.25, 0.3) is 11.0 Å². The van der Waals surface area contributed by atoms with E-state index < -0.39 is 0 Å². The minimum atomic E-state index is 0.169. The van der Waals surface area contributed by atoms with E-state index in [2.05, 4.69) is 24.5 Å². The van der Waals surface area contributed by atoms with Gasteiger partial charge >= 0.3 is 0 Å². The molecule has 1 aromatic heterocycles. The fourth-order valence-corrected chi connectivity index (χ4v) is 2.99. The number of carbonyl (C=O) groups is 1. The van der Waals surface area contributed by atoms with E-state index in [1.807, 2.05) is 24.1 Å². The fourth-order valence-electron chi connectivity index (χ4n) is 2.99. The molecule has 1 aliphatic heterocycles. The summed E-state index contributed by atoms with van der Waals surface area (Å²) in [4.78, 5) is 18.9. The Morgan fingerprint density at radius 1 is 1.32 bits per heavy atom. The van der Waals surface area contributed by atoms with Crippen molar-refractivity contribution in [3.05, 3.63) is 29.6 Å². The summed E-state index contributed by atoms with van der Waals surface area (Å²) in [5, 5.41) is 0. The van der Waals surface area contributed by atoms with Crippen LogP contribution in [0, 0.1) is 0 Å². The van der Waals surface area contributed by atoms with Crippen LogP contribution < -0.4 is 0 Å². The van der Waals surface area contributed by atoms with Crippen LogP contribution in [0.2, 0.25) is 0 Å². The Hall–Kier alpha value is -1.88. The molecule has 1 aliphatic rings. The maximum Gasteiger partial charge on any atom is 0.227 e. The van der Waals surface area contributed by atoms with E-state index in [0.717, 1.165) is 22.4 Å². The number of fused-ring (bicyclic) bond motifs is 1. The molecule has 3 rings (SSSR count). The van der Waals surface area contributed by atoms with Gasteiger partial charge in [0.05, 0.1) is 30.7 Å². The van der Waals surface area contributed by atoms with Gasteiger partial charge in [0.1, 0.15) is 5.82 Å². The van der Waals surface area contributed by atoms with Crippen molar-refractivity contribution in [2.45, 2.75) is 26.2 Å². The first kappa shape index (κ1) is 15.0. The van der Waals surface area contributed by atoms with Gasteiger partial charge in [0.15, 0.2) is 0 Å². The third-order valence-corrected chi connectivity index (χ3v) is 4.22. The SMILES string of the molecule is CC(C)c1nc2cc(CC(=O)N3CCOCC3)ccc2n1C. The van der Waals surface area contributed by atoms with Gasteiger partial charge in [-0.3, -0.25) is 4.79 Å². The maximum absolute atomic E-state index is 12.3. The summed E-state index contributed by atoms with van der Waals surface area (Å²) in [6.45, 7) is 6.96. The van der Waals surface area contributed by atoms with Crippen molar-refractivity contribution < 1.29 is 9.53 Å². The standard InChI is InChI=1S/C17H23N3O2/c1-12(2)17-18-14-10-13(4-5-15(14)19(17)3)11-16(21)20-6-8-22-9-7-20/h4-5,10,12H,6-9,11H2,1-3H3. The number of morpholine rings is 1. The number of carbonyl (C=O) groups excluding carboxylic acids is 1. The van der Waals surface area contributed by atoms with E-state index >= 15 is 0 Å². The first-order valence-corrected chi connectivity index (χ1v) is 7.87. The molecule has 22 heavy (non-hydrogen) atoms. The molecule has 5 nitrogen and oxygen atoms in total. The van der Waals surface area contributed by atoms with Crippen molar-refractivity contribution in [2.24, 2.45) is 7.05 Å². The smallest absolute Gasteiger partial charge is 0.227 e. The Morgan fingerprint density at radius 3 is 2.73 bits per heavy atom. The van der Waals surface area contributed by atoms with Gasteiger partial charge in [-0.25, -0.2) is 4.98 Å². The van der Waals surface area contributed by atoms with Crippen molar-refractivity contribution in [2.75, 3.05) is 26.3 Å². The molecule has 1 aromatic carbocycles. The Balaban J connectivity index is 1.81. The second-order valence-corrected chi connectivity index (χ2v) is 6.18. The highest BCUT2D eigenvalue weighted by atomic mass is 16.5. The highest BCUT2D eigenvalue weighted by Gasteiger charge is 2.18. The van der Waals surface area contributed by atoms with Gasteiger partial charge in [-0.15, -0.1) is 0 Å². The third-order valence-electron chi connectivity index (χ3n) is 4.22. The molecule has 0 bridgehead atoms. The van der Waals surface area contributed by atoms with Gasteiger partial charge < -0.3 is 14.2 Å². The predicted octanol–water partition coefficient (Wildman–Crippen LogP) is 2.10. The van der Waals surface area contributed by atoms with Crippen LogP contribution in [0.5, 0.6) is 0 Å². The van der Waals surface area contributed by atoms with Crippen molar-refractivity contribution in [3.63, 3.8) is 0 Å². The third kappa shape index (κ3) is 2.86. The summed E-state index contributed by atoms with van der Waals surface area (Å²) in [6, 6.07) is 6.14. The first-order valence-electron chi connectivity index (χ1n) is 7.87. The lowest BCUT2D eigenvalue weighted by Gasteiger charge is -2.26. The molecule has 1 saturated heterocycles. The summed E-state index contributed by atoms with van der Waals surface area (Å²) in [6.07, 6.45) is 0.434. The van der Waals surface area contributed by atoms with Gasteiger partial charge in [-0.1, -0.05) is 19.9 Å². The fraction of sp³-hybridized carbons (Fsp3) is 0.529. The number of aryl methyl sites for hydroxylation is 1. The van der Waals surface area contributed by atoms with Crippen LogP contribution in [0.3, 0.4) is 0 Å². The quantitative estimate of drug-likeness (QED) is 0.872. The maximum atomic E-state index is 12.3. The molecule has 2 heterocycles. The van der Waals surface area contributed by atoms with Crippen LogP contribution in [0.15, 0.2) is 18.2 Å². The number of imidazole rings is 1. The molecule has 1 fully saturated rings. The molecule has 1 amide bonds. The summed E-state index contributed by atoms with van der Waals surface area (Å²) in [5.41, 5.74) is 3.11. The molecule has 0 radical (unpaired) electrons. The van der Waals surface area contributed by atoms with E-state index in [1.165, 1.54) is 0 Å². The minimum Gasteiger partial charge on any atom is -0.378 e. The van der Waals surface area contributed by atoms with Crippen molar-refractivity contribution in [1.82, 2.24) is 14.5 Å². The second-order valence-electron chi connectivity index (χ2n) is 6.18. The van der Waals surface area contributed by atoms with E-state index in [9.17, 15) is 4.79 Å². The average Bonchev–Trinajstić information content (AvgIpc) is 2.85. The first-order chi connectivity index (χ1) is 10.6. The van der Waals surface area contributed by atoms with E-state index in [0.29, 0.717) is 38.6 Å². The van der Waals surface area contributed by atoms with Crippen LogP contribution in [-0.2, 0) is 23.0 Å². The number of hydrogen-bond acceptors (Lipinski definition) is 3. The van der Waals surface area contributed by atoms with Gasteiger partial charge in [0, 0.05) is 26.1 Å².